The normalized spacial score (nSPS) is 27.4. The Morgan fingerprint density at radius 1 is 1.00 bits per heavy atom. The number of Topliss-reactive ketones (excluding diaryl/α,β-unsaturated/α-hetero) is 2. The van der Waals surface area contributed by atoms with Crippen LogP contribution in [0.5, 0.6) is 0 Å². The van der Waals surface area contributed by atoms with Gasteiger partial charge in [0.25, 0.3) is 5.69 Å². The first-order valence-electron chi connectivity index (χ1n) is 10.9. The average Bonchev–Trinajstić information content (AvgIpc) is 3.49. The molecule has 0 saturated carbocycles. The van der Waals surface area contributed by atoms with Gasteiger partial charge in [-0.3, -0.25) is 34.2 Å². The Morgan fingerprint density at radius 3 is 2.30 bits per heavy atom. The summed E-state index contributed by atoms with van der Waals surface area (Å²) in [6.07, 6.45) is 1.31. The maximum Gasteiger partial charge on any atom is 0.271 e. The van der Waals surface area contributed by atoms with Crippen molar-refractivity contribution in [3.63, 3.8) is 0 Å². The fourth-order valence-electron chi connectivity index (χ4n) is 6.43. The van der Waals surface area contributed by atoms with Crippen molar-refractivity contribution in [2.24, 2.45) is 11.8 Å². The number of aryl methyl sites for hydroxylation is 1. The number of ketones is 2. The second kappa shape index (κ2) is 6.41. The van der Waals surface area contributed by atoms with Crippen LogP contribution in [-0.2, 0) is 9.59 Å². The van der Waals surface area contributed by atoms with Gasteiger partial charge in [0.05, 0.1) is 22.4 Å². The highest BCUT2D eigenvalue weighted by Gasteiger charge is 2.76. The van der Waals surface area contributed by atoms with Crippen LogP contribution in [0, 0.1) is 28.9 Å². The van der Waals surface area contributed by atoms with Gasteiger partial charge in [-0.2, -0.15) is 0 Å². The van der Waals surface area contributed by atoms with E-state index in [4.69, 9.17) is 0 Å². The van der Waals surface area contributed by atoms with Crippen LogP contribution in [-0.4, -0.2) is 51.3 Å². The Labute approximate surface area is 188 Å². The number of hydrogen-bond acceptors (Lipinski definition) is 7. The summed E-state index contributed by atoms with van der Waals surface area (Å²) >= 11 is 0. The minimum atomic E-state index is -1.73. The number of rotatable bonds is 2. The quantitative estimate of drug-likeness (QED) is 0.301. The summed E-state index contributed by atoms with van der Waals surface area (Å²) in [5.41, 5.74) is -0.773. The van der Waals surface area contributed by atoms with Gasteiger partial charge in [0.15, 0.2) is 17.1 Å². The predicted octanol–water partition coefficient (Wildman–Crippen LogP) is 2.30. The molecule has 3 aliphatic heterocycles. The number of nitrogens with zero attached hydrogens (tertiary/aromatic N) is 3. The number of imide groups is 1. The second-order valence-corrected chi connectivity index (χ2v) is 9.12. The van der Waals surface area contributed by atoms with E-state index in [1.165, 1.54) is 18.2 Å². The van der Waals surface area contributed by atoms with E-state index in [0.29, 0.717) is 24.9 Å². The molecule has 6 rings (SSSR count). The van der Waals surface area contributed by atoms with Crippen LogP contribution >= 0.6 is 0 Å². The molecule has 3 atom stereocenters. The number of nitro benzene ring substituents is 1. The van der Waals surface area contributed by atoms with Gasteiger partial charge in [-0.25, -0.2) is 4.90 Å². The molecular weight excluding hydrogens is 426 g/mol. The Morgan fingerprint density at radius 2 is 1.67 bits per heavy atom. The number of benzene rings is 2. The summed E-state index contributed by atoms with van der Waals surface area (Å²) in [5, 5.41) is 11.3. The number of anilines is 1. The molecule has 3 fully saturated rings. The molecule has 0 bridgehead atoms. The summed E-state index contributed by atoms with van der Waals surface area (Å²) in [7, 11) is 0. The summed E-state index contributed by atoms with van der Waals surface area (Å²) in [5.74, 6) is -4.00. The molecule has 0 unspecified atom stereocenters. The molecule has 33 heavy (non-hydrogen) atoms. The Balaban J connectivity index is 1.54. The minimum Gasteiger partial charge on any atom is -0.291 e. The first kappa shape index (κ1) is 19.9. The third kappa shape index (κ3) is 2.20. The molecule has 3 saturated heterocycles. The van der Waals surface area contributed by atoms with Crippen molar-refractivity contribution >= 4 is 34.8 Å². The molecule has 3 heterocycles. The van der Waals surface area contributed by atoms with Crippen LogP contribution in [0.25, 0.3) is 0 Å². The third-order valence-electron chi connectivity index (χ3n) is 7.72. The molecule has 0 N–H and O–H groups in total. The monoisotopic (exact) mass is 445 g/mol. The third-order valence-corrected chi connectivity index (χ3v) is 7.72. The van der Waals surface area contributed by atoms with E-state index in [-0.39, 0.29) is 22.5 Å². The van der Waals surface area contributed by atoms with Gasteiger partial charge in [0.1, 0.15) is 0 Å². The number of non-ortho nitro benzene ring substituents is 1. The van der Waals surface area contributed by atoms with Gasteiger partial charge in [0, 0.05) is 29.3 Å². The molecule has 2 aromatic rings. The number of hydrogen-bond donors (Lipinski definition) is 0. The topological polar surface area (TPSA) is 118 Å². The maximum absolute atomic E-state index is 13.9. The van der Waals surface area contributed by atoms with E-state index in [9.17, 15) is 29.3 Å². The van der Waals surface area contributed by atoms with E-state index in [0.717, 1.165) is 4.90 Å². The second-order valence-electron chi connectivity index (χ2n) is 9.12. The standard InChI is InChI=1S/C24H19N3O6/c1-12-8-9-13(27(32)33)11-17(12)26-22(30)18-16-7-4-10-25(16)24(19(18)23(26)31)20(28)14-5-2-3-6-15(14)21(24)29/h2-3,5-6,8-9,11,16,18-19H,4,7,10H2,1H3/t16-,18+,19+/m0/s1. The minimum absolute atomic E-state index is 0.128. The molecule has 1 spiro atoms. The fourth-order valence-corrected chi connectivity index (χ4v) is 6.43. The molecule has 4 aliphatic rings. The first-order chi connectivity index (χ1) is 15.8. The number of amides is 2. The summed E-state index contributed by atoms with van der Waals surface area (Å²) in [6, 6.07) is 10.1. The Kier molecular flexibility index (Phi) is 3.87. The molecule has 9 heteroatoms. The molecule has 166 valence electrons. The maximum atomic E-state index is 13.9. The van der Waals surface area contributed by atoms with E-state index >= 15 is 0 Å². The molecule has 2 aromatic carbocycles. The van der Waals surface area contributed by atoms with Crippen molar-refractivity contribution in [2.45, 2.75) is 31.3 Å². The predicted molar refractivity (Wildman–Crippen MR) is 115 cm³/mol. The van der Waals surface area contributed by atoms with Crippen molar-refractivity contribution in [3.05, 3.63) is 69.3 Å². The van der Waals surface area contributed by atoms with E-state index < -0.39 is 51.7 Å². The van der Waals surface area contributed by atoms with Crippen LogP contribution < -0.4 is 4.90 Å². The van der Waals surface area contributed by atoms with Crippen LogP contribution in [0.1, 0.15) is 39.1 Å². The lowest BCUT2D eigenvalue weighted by molar-refractivity contribution is -0.384. The zero-order valence-electron chi connectivity index (χ0n) is 17.7. The zero-order chi connectivity index (χ0) is 23.2. The van der Waals surface area contributed by atoms with Gasteiger partial charge in [-0.05, 0) is 31.9 Å². The van der Waals surface area contributed by atoms with Crippen molar-refractivity contribution in [1.82, 2.24) is 4.90 Å². The lowest BCUT2D eigenvalue weighted by Crippen LogP contribution is -2.59. The van der Waals surface area contributed by atoms with Gasteiger partial charge >= 0.3 is 0 Å². The molecule has 1 aliphatic carbocycles. The van der Waals surface area contributed by atoms with Crippen LogP contribution in [0.3, 0.4) is 0 Å². The number of nitro groups is 1. The van der Waals surface area contributed by atoms with Gasteiger partial charge in [-0.15, -0.1) is 0 Å². The molecule has 9 nitrogen and oxygen atoms in total. The Bertz CT molecular complexity index is 1280. The highest BCUT2D eigenvalue weighted by molar-refractivity contribution is 6.37. The van der Waals surface area contributed by atoms with Gasteiger partial charge in [0.2, 0.25) is 11.8 Å². The van der Waals surface area contributed by atoms with Crippen LogP contribution in [0.2, 0.25) is 0 Å². The van der Waals surface area contributed by atoms with Crippen molar-refractivity contribution < 1.29 is 24.1 Å². The Hall–Kier alpha value is -3.72. The smallest absolute Gasteiger partial charge is 0.271 e. The number of carbonyl (C=O) groups excluding carboxylic acids is 4. The van der Waals surface area contributed by atoms with Gasteiger partial charge in [-0.1, -0.05) is 30.3 Å². The van der Waals surface area contributed by atoms with Crippen LogP contribution in [0.4, 0.5) is 11.4 Å². The summed E-state index contributed by atoms with van der Waals surface area (Å²) in [4.78, 5) is 68.6. The lowest BCUT2D eigenvalue weighted by Gasteiger charge is -2.35. The van der Waals surface area contributed by atoms with E-state index in [2.05, 4.69) is 0 Å². The van der Waals surface area contributed by atoms with Crippen molar-refractivity contribution in [3.8, 4) is 0 Å². The fraction of sp³-hybridized carbons (Fsp3) is 0.333. The lowest BCUT2D eigenvalue weighted by atomic mass is 9.76. The van der Waals surface area contributed by atoms with Crippen molar-refractivity contribution in [1.29, 1.82) is 0 Å². The first-order valence-corrected chi connectivity index (χ1v) is 10.9. The largest absolute Gasteiger partial charge is 0.291 e. The zero-order valence-corrected chi connectivity index (χ0v) is 17.7. The van der Waals surface area contributed by atoms with Crippen molar-refractivity contribution in [2.75, 3.05) is 11.4 Å². The average molecular weight is 445 g/mol. The summed E-state index contributed by atoms with van der Waals surface area (Å²) in [6.45, 7) is 2.12. The molecule has 2 amide bonds. The highest BCUT2D eigenvalue weighted by atomic mass is 16.6. The molecule has 0 aromatic heterocycles. The summed E-state index contributed by atoms with van der Waals surface area (Å²) < 4.78 is 0. The number of fused-ring (bicyclic) bond motifs is 6. The SMILES string of the molecule is Cc1ccc([N+](=O)[O-])cc1N1C(=O)[C@@H]2[C@@H]3CCCN3C3(C(=O)c4ccccc4C3=O)[C@H]2C1=O. The number of carbonyl (C=O) groups is 4. The van der Waals surface area contributed by atoms with E-state index in [1.807, 2.05) is 0 Å². The van der Waals surface area contributed by atoms with Crippen LogP contribution in [0.15, 0.2) is 42.5 Å². The molecular formula is C24H19N3O6. The van der Waals surface area contributed by atoms with Gasteiger partial charge < -0.3 is 0 Å². The van der Waals surface area contributed by atoms with E-state index in [1.54, 1.807) is 36.1 Å². The highest BCUT2D eigenvalue weighted by Crippen LogP contribution is 2.57. The molecule has 0 radical (unpaired) electrons.